The van der Waals surface area contributed by atoms with Gasteiger partial charge < -0.3 is 24.2 Å². The van der Waals surface area contributed by atoms with Crippen LogP contribution >= 0.6 is 0 Å². The minimum Gasteiger partial charge on any atom is -0.495 e. The smallest absolute Gasteiger partial charge is 0.227 e. The number of nitrogens with zero attached hydrogens (tertiary/aromatic N) is 5. The summed E-state index contributed by atoms with van der Waals surface area (Å²) >= 11 is 0. The standard InChI is InChI=1S/C19H25N5O2/c1-25-17-5-3-2-4-16(17)22-8-10-23(11-9-22)18-6-7-20-19(21-18)24-12-14-26-15-13-24/h2-7H,8-15H2,1H3. The van der Waals surface area contributed by atoms with E-state index in [1.54, 1.807) is 7.11 Å². The predicted molar refractivity (Wildman–Crippen MR) is 102 cm³/mol. The highest BCUT2D eigenvalue weighted by molar-refractivity contribution is 5.59. The fourth-order valence-corrected chi connectivity index (χ4v) is 3.50. The van der Waals surface area contributed by atoms with Gasteiger partial charge in [-0.3, -0.25) is 0 Å². The molecule has 138 valence electrons. The van der Waals surface area contributed by atoms with Gasteiger partial charge >= 0.3 is 0 Å². The summed E-state index contributed by atoms with van der Waals surface area (Å²) in [4.78, 5) is 16.1. The van der Waals surface area contributed by atoms with E-state index in [-0.39, 0.29) is 0 Å². The molecule has 2 saturated heterocycles. The minimum atomic E-state index is 0.741. The summed E-state index contributed by atoms with van der Waals surface area (Å²) < 4.78 is 10.9. The van der Waals surface area contributed by atoms with Crippen LogP contribution in [-0.4, -0.2) is 69.6 Å². The molecule has 1 aromatic carbocycles. The van der Waals surface area contributed by atoms with E-state index in [4.69, 9.17) is 14.5 Å². The number of aromatic nitrogens is 2. The van der Waals surface area contributed by atoms with Crippen molar-refractivity contribution < 1.29 is 9.47 Å². The van der Waals surface area contributed by atoms with Gasteiger partial charge in [0, 0.05) is 45.5 Å². The van der Waals surface area contributed by atoms with E-state index < -0.39 is 0 Å². The summed E-state index contributed by atoms with van der Waals surface area (Å²) in [6.45, 7) is 6.93. The van der Waals surface area contributed by atoms with Gasteiger partial charge in [-0.2, -0.15) is 4.98 Å². The van der Waals surface area contributed by atoms with Crippen molar-refractivity contribution >= 4 is 17.5 Å². The van der Waals surface area contributed by atoms with E-state index in [0.29, 0.717) is 0 Å². The summed E-state index contributed by atoms with van der Waals surface area (Å²) in [6.07, 6.45) is 1.86. The molecule has 7 heteroatoms. The van der Waals surface area contributed by atoms with Gasteiger partial charge in [0.25, 0.3) is 0 Å². The first-order valence-corrected chi connectivity index (χ1v) is 9.14. The van der Waals surface area contributed by atoms with Crippen LogP contribution in [0, 0.1) is 0 Å². The molecular formula is C19H25N5O2. The summed E-state index contributed by atoms with van der Waals surface area (Å²) in [6, 6.07) is 10.2. The Bertz CT molecular complexity index is 727. The first-order valence-electron chi connectivity index (χ1n) is 9.14. The molecule has 2 aliphatic rings. The van der Waals surface area contributed by atoms with Crippen LogP contribution in [0.5, 0.6) is 5.75 Å². The molecule has 26 heavy (non-hydrogen) atoms. The highest BCUT2D eigenvalue weighted by atomic mass is 16.5. The number of benzene rings is 1. The Morgan fingerprint density at radius 1 is 0.885 bits per heavy atom. The molecule has 0 unspecified atom stereocenters. The Balaban J connectivity index is 1.43. The van der Waals surface area contributed by atoms with Gasteiger partial charge in [0.05, 0.1) is 26.0 Å². The number of para-hydroxylation sites is 2. The zero-order valence-electron chi connectivity index (χ0n) is 15.2. The number of rotatable bonds is 4. The quantitative estimate of drug-likeness (QED) is 0.826. The number of anilines is 3. The van der Waals surface area contributed by atoms with Gasteiger partial charge in [-0.25, -0.2) is 4.98 Å². The van der Waals surface area contributed by atoms with Crippen molar-refractivity contribution in [2.24, 2.45) is 0 Å². The zero-order valence-corrected chi connectivity index (χ0v) is 15.2. The van der Waals surface area contributed by atoms with E-state index in [2.05, 4.69) is 31.8 Å². The lowest BCUT2D eigenvalue weighted by molar-refractivity contribution is 0.122. The van der Waals surface area contributed by atoms with Crippen LogP contribution in [0.4, 0.5) is 17.5 Å². The molecule has 2 aliphatic heterocycles. The highest BCUT2D eigenvalue weighted by Gasteiger charge is 2.21. The summed E-state index contributed by atoms with van der Waals surface area (Å²) in [5.74, 6) is 2.73. The van der Waals surface area contributed by atoms with Crippen molar-refractivity contribution in [1.29, 1.82) is 0 Å². The summed E-state index contributed by atoms with van der Waals surface area (Å²) in [5, 5.41) is 0. The molecule has 0 atom stereocenters. The van der Waals surface area contributed by atoms with Crippen molar-refractivity contribution in [3.63, 3.8) is 0 Å². The number of methoxy groups -OCH3 is 1. The van der Waals surface area contributed by atoms with E-state index >= 15 is 0 Å². The Kier molecular flexibility index (Phi) is 5.06. The van der Waals surface area contributed by atoms with Crippen molar-refractivity contribution in [1.82, 2.24) is 9.97 Å². The van der Waals surface area contributed by atoms with Gasteiger partial charge in [0.15, 0.2) is 0 Å². The lowest BCUT2D eigenvalue weighted by Gasteiger charge is -2.37. The van der Waals surface area contributed by atoms with E-state index in [9.17, 15) is 0 Å². The maximum absolute atomic E-state index is 5.50. The van der Waals surface area contributed by atoms with E-state index in [0.717, 1.165) is 75.7 Å². The first-order chi connectivity index (χ1) is 12.8. The molecule has 4 rings (SSSR count). The molecule has 1 aromatic heterocycles. The van der Waals surface area contributed by atoms with Gasteiger partial charge in [-0.1, -0.05) is 12.1 Å². The minimum absolute atomic E-state index is 0.741. The van der Waals surface area contributed by atoms with Crippen molar-refractivity contribution in [2.45, 2.75) is 0 Å². The van der Waals surface area contributed by atoms with Crippen molar-refractivity contribution in [3.05, 3.63) is 36.5 Å². The number of ether oxygens (including phenoxy) is 2. The summed E-state index contributed by atoms with van der Waals surface area (Å²) in [7, 11) is 1.73. The Morgan fingerprint density at radius 2 is 1.62 bits per heavy atom. The number of hydrogen-bond acceptors (Lipinski definition) is 7. The Morgan fingerprint density at radius 3 is 2.38 bits per heavy atom. The molecule has 0 bridgehead atoms. The number of piperazine rings is 1. The lowest BCUT2D eigenvalue weighted by atomic mass is 10.2. The Labute approximate surface area is 154 Å². The largest absolute Gasteiger partial charge is 0.495 e. The first kappa shape index (κ1) is 16.9. The molecule has 0 spiro atoms. The molecule has 2 fully saturated rings. The van der Waals surface area contributed by atoms with Crippen LogP contribution in [0.15, 0.2) is 36.5 Å². The molecule has 0 radical (unpaired) electrons. The van der Waals surface area contributed by atoms with E-state index in [1.807, 2.05) is 24.4 Å². The van der Waals surface area contributed by atoms with Gasteiger partial charge in [0.2, 0.25) is 5.95 Å². The zero-order chi connectivity index (χ0) is 17.8. The van der Waals surface area contributed by atoms with E-state index in [1.165, 1.54) is 0 Å². The second-order valence-corrected chi connectivity index (χ2v) is 6.46. The van der Waals surface area contributed by atoms with Crippen LogP contribution in [0.2, 0.25) is 0 Å². The third kappa shape index (κ3) is 3.53. The topological polar surface area (TPSA) is 54.0 Å². The second-order valence-electron chi connectivity index (χ2n) is 6.46. The van der Waals surface area contributed by atoms with Crippen LogP contribution in [0.25, 0.3) is 0 Å². The van der Waals surface area contributed by atoms with Crippen LogP contribution in [-0.2, 0) is 4.74 Å². The highest BCUT2D eigenvalue weighted by Crippen LogP contribution is 2.29. The normalized spacial score (nSPS) is 18.1. The molecule has 7 nitrogen and oxygen atoms in total. The monoisotopic (exact) mass is 355 g/mol. The molecular weight excluding hydrogens is 330 g/mol. The maximum Gasteiger partial charge on any atom is 0.227 e. The lowest BCUT2D eigenvalue weighted by Crippen LogP contribution is -2.47. The fourth-order valence-electron chi connectivity index (χ4n) is 3.50. The van der Waals surface area contributed by atoms with Gasteiger partial charge in [-0.05, 0) is 18.2 Å². The predicted octanol–water partition coefficient (Wildman–Crippen LogP) is 1.65. The van der Waals surface area contributed by atoms with Crippen LogP contribution in [0.3, 0.4) is 0 Å². The SMILES string of the molecule is COc1ccccc1N1CCN(c2ccnc(N3CCOCC3)n2)CC1. The Hall–Kier alpha value is -2.54. The number of hydrogen-bond donors (Lipinski definition) is 0. The van der Waals surface area contributed by atoms with Crippen molar-refractivity contribution in [2.75, 3.05) is 74.3 Å². The van der Waals surface area contributed by atoms with Gasteiger partial charge in [0.1, 0.15) is 11.6 Å². The molecule has 3 heterocycles. The third-order valence-electron chi connectivity index (χ3n) is 4.95. The average molecular weight is 355 g/mol. The third-order valence-corrected chi connectivity index (χ3v) is 4.95. The van der Waals surface area contributed by atoms with Crippen LogP contribution < -0.4 is 19.4 Å². The van der Waals surface area contributed by atoms with Crippen LogP contribution in [0.1, 0.15) is 0 Å². The average Bonchev–Trinajstić information content (AvgIpc) is 2.74. The molecule has 0 N–H and O–H groups in total. The molecule has 0 amide bonds. The van der Waals surface area contributed by atoms with Crippen molar-refractivity contribution in [3.8, 4) is 5.75 Å². The fraction of sp³-hybridized carbons (Fsp3) is 0.474. The number of morpholine rings is 1. The molecule has 0 saturated carbocycles. The van der Waals surface area contributed by atoms with Gasteiger partial charge in [-0.15, -0.1) is 0 Å². The summed E-state index contributed by atoms with van der Waals surface area (Å²) in [5.41, 5.74) is 1.16. The second kappa shape index (κ2) is 7.78. The molecule has 2 aromatic rings. The molecule has 0 aliphatic carbocycles. The maximum atomic E-state index is 5.50.